The predicted octanol–water partition coefficient (Wildman–Crippen LogP) is 5.99. The first kappa shape index (κ1) is 17.5. The lowest BCUT2D eigenvalue weighted by Crippen LogP contribution is -2.27. The van der Waals surface area contributed by atoms with Gasteiger partial charge in [-0.05, 0) is 41.6 Å². The Morgan fingerprint density at radius 2 is 1.71 bits per heavy atom. The molecule has 3 nitrogen and oxygen atoms in total. The average Bonchev–Trinajstić information content (AvgIpc) is 2.80. The fraction of sp³-hybridized carbons (Fsp3) is 0.0588. The summed E-state index contributed by atoms with van der Waals surface area (Å²) in [7, 11) is 0. The van der Waals surface area contributed by atoms with Gasteiger partial charge in [0.2, 0.25) is 0 Å². The number of amides is 2. The first-order chi connectivity index (χ1) is 11.5. The number of halogens is 3. The largest absolute Gasteiger partial charge is 0.293 e. The maximum Gasteiger partial charge on any atom is 0.293 e. The molecule has 3 rings (SSSR count). The predicted molar refractivity (Wildman–Crippen MR) is 102 cm³/mol. The van der Waals surface area contributed by atoms with Crippen LogP contribution in [0, 0.1) is 0 Å². The number of carbonyl (C=O) groups excluding carboxylic acids is 2. The van der Waals surface area contributed by atoms with Crippen molar-refractivity contribution in [1.29, 1.82) is 0 Å². The van der Waals surface area contributed by atoms with E-state index in [4.69, 9.17) is 23.2 Å². The lowest BCUT2D eigenvalue weighted by molar-refractivity contribution is -0.123. The van der Waals surface area contributed by atoms with Crippen LogP contribution < -0.4 is 0 Å². The van der Waals surface area contributed by atoms with E-state index >= 15 is 0 Å². The molecule has 1 heterocycles. The average molecular weight is 443 g/mol. The van der Waals surface area contributed by atoms with Gasteiger partial charge < -0.3 is 0 Å². The van der Waals surface area contributed by atoms with Gasteiger partial charge >= 0.3 is 0 Å². The first-order valence-electron chi connectivity index (χ1n) is 6.90. The number of imide groups is 1. The van der Waals surface area contributed by atoms with E-state index in [0.717, 1.165) is 21.8 Å². The number of hydrogen-bond acceptors (Lipinski definition) is 3. The van der Waals surface area contributed by atoms with Crippen molar-refractivity contribution in [3.05, 3.63) is 73.0 Å². The highest BCUT2D eigenvalue weighted by molar-refractivity contribution is 9.10. The quantitative estimate of drug-likeness (QED) is 0.547. The van der Waals surface area contributed by atoms with Crippen LogP contribution in [-0.2, 0) is 11.3 Å². The number of thioether (sulfide) groups is 1. The van der Waals surface area contributed by atoms with E-state index in [-0.39, 0.29) is 17.7 Å². The summed E-state index contributed by atoms with van der Waals surface area (Å²) >= 11 is 16.6. The normalized spacial score (nSPS) is 16.3. The van der Waals surface area contributed by atoms with Crippen LogP contribution >= 0.6 is 50.9 Å². The van der Waals surface area contributed by atoms with Gasteiger partial charge in [0.15, 0.2) is 0 Å². The number of carbonyl (C=O) groups is 2. The Bertz CT molecular complexity index is 849. The summed E-state index contributed by atoms with van der Waals surface area (Å²) in [4.78, 5) is 26.3. The Kier molecular flexibility index (Phi) is 5.35. The molecule has 2 amide bonds. The molecule has 0 spiro atoms. The SMILES string of the molecule is O=C1S/C(=C\c2c(Cl)cccc2Cl)C(=O)N1Cc1ccccc1Br. The van der Waals surface area contributed by atoms with E-state index in [0.29, 0.717) is 20.5 Å². The molecule has 7 heteroatoms. The summed E-state index contributed by atoms with van der Waals surface area (Å²) in [6.07, 6.45) is 1.57. The molecule has 1 aliphatic rings. The number of benzene rings is 2. The topological polar surface area (TPSA) is 37.4 Å². The molecule has 1 saturated heterocycles. The summed E-state index contributed by atoms with van der Waals surface area (Å²) in [6, 6.07) is 12.6. The minimum Gasteiger partial charge on any atom is -0.268 e. The van der Waals surface area contributed by atoms with Gasteiger partial charge in [0.25, 0.3) is 11.1 Å². The molecule has 0 bridgehead atoms. The highest BCUT2D eigenvalue weighted by Gasteiger charge is 2.35. The monoisotopic (exact) mass is 441 g/mol. The third-order valence-corrected chi connectivity index (χ3v) is 5.78. The smallest absolute Gasteiger partial charge is 0.268 e. The van der Waals surface area contributed by atoms with Crippen molar-refractivity contribution in [2.75, 3.05) is 0 Å². The Morgan fingerprint density at radius 1 is 1.04 bits per heavy atom. The van der Waals surface area contributed by atoms with Crippen LogP contribution in [0.5, 0.6) is 0 Å². The van der Waals surface area contributed by atoms with Gasteiger partial charge in [-0.1, -0.05) is 63.4 Å². The fourth-order valence-electron chi connectivity index (χ4n) is 2.21. The second-order valence-electron chi connectivity index (χ2n) is 4.99. The molecule has 0 unspecified atom stereocenters. The molecule has 24 heavy (non-hydrogen) atoms. The van der Waals surface area contributed by atoms with Crippen LogP contribution in [-0.4, -0.2) is 16.0 Å². The Hall–Kier alpha value is -1.27. The Labute approximate surface area is 161 Å². The third-order valence-electron chi connectivity index (χ3n) is 3.44. The van der Waals surface area contributed by atoms with E-state index in [1.807, 2.05) is 24.3 Å². The van der Waals surface area contributed by atoms with Crippen LogP contribution in [0.3, 0.4) is 0 Å². The molecule has 2 aromatic rings. The van der Waals surface area contributed by atoms with E-state index in [9.17, 15) is 9.59 Å². The zero-order valence-electron chi connectivity index (χ0n) is 12.1. The lowest BCUT2D eigenvalue weighted by atomic mass is 10.2. The van der Waals surface area contributed by atoms with E-state index in [1.54, 1.807) is 24.3 Å². The maximum absolute atomic E-state index is 12.6. The third kappa shape index (κ3) is 3.54. The van der Waals surface area contributed by atoms with Gasteiger partial charge in [-0.25, -0.2) is 0 Å². The van der Waals surface area contributed by atoms with Gasteiger partial charge in [-0.2, -0.15) is 0 Å². The summed E-state index contributed by atoms with van der Waals surface area (Å²) in [5.74, 6) is -0.350. The van der Waals surface area contributed by atoms with Gasteiger partial charge in [0, 0.05) is 20.1 Å². The van der Waals surface area contributed by atoms with Crippen LogP contribution in [0.4, 0.5) is 4.79 Å². The summed E-state index contributed by atoms with van der Waals surface area (Å²) in [5, 5.41) is 0.547. The van der Waals surface area contributed by atoms with Crippen molar-refractivity contribution in [3.63, 3.8) is 0 Å². The molecule has 1 fully saturated rings. The zero-order valence-corrected chi connectivity index (χ0v) is 16.0. The number of nitrogens with zero attached hydrogens (tertiary/aromatic N) is 1. The summed E-state index contributed by atoms with van der Waals surface area (Å²) < 4.78 is 0.849. The molecule has 0 aliphatic carbocycles. The van der Waals surface area contributed by atoms with E-state index in [2.05, 4.69) is 15.9 Å². The van der Waals surface area contributed by atoms with Crippen LogP contribution in [0.1, 0.15) is 11.1 Å². The number of hydrogen-bond donors (Lipinski definition) is 0. The van der Waals surface area contributed by atoms with Gasteiger partial charge in [-0.15, -0.1) is 0 Å². The second-order valence-corrected chi connectivity index (χ2v) is 7.66. The molecular weight excluding hydrogens is 433 g/mol. The highest BCUT2D eigenvalue weighted by Crippen LogP contribution is 2.36. The van der Waals surface area contributed by atoms with Crippen molar-refractivity contribution in [1.82, 2.24) is 4.90 Å². The summed E-state index contributed by atoms with van der Waals surface area (Å²) in [6.45, 7) is 0.208. The standard InChI is InChI=1S/C17H10BrCl2NO2S/c18-12-5-2-1-4-10(12)9-21-16(22)15(24-17(21)23)8-11-13(19)6-3-7-14(11)20/h1-8H,9H2/b15-8-. The van der Waals surface area contributed by atoms with Crippen molar-refractivity contribution >= 4 is 68.1 Å². The molecule has 0 N–H and O–H groups in total. The Morgan fingerprint density at radius 3 is 2.38 bits per heavy atom. The minimum absolute atomic E-state index is 0.208. The number of rotatable bonds is 3. The van der Waals surface area contributed by atoms with Crippen LogP contribution in [0.15, 0.2) is 51.8 Å². The molecule has 122 valence electrons. The summed E-state index contributed by atoms with van der Waals surface area (Å²) in [5.41, 5.74) is 1.39. The lowest BCUT2D eigenvalue weighted by Gasteiger charge is -2.13. The molecule has 0 aromatic heterocycles. The second kappa shape index (κ2) is 7.31. The maximum atomic E-state index is 12.6. The molecular formula is C17H10BrCl2NO2S. The van der Waals surface area contributed by atoms with E-state index in [1.165, 1.54) is 4.90 Å². The van der Waals surface area contributed by atoms with Gasteiger partial charge in [-0.3, -0.25) is 14.5 Å². The Balaban J connectivity index is 1.89. The first-order valence-corrected chi connectivity index (χ1v) is 9.26. The molecule has 0 atom stereocenters. The molecule has 0 radical (unpaired) electrons. The van der Waals surface area contributed by atoms with Crippen molar-refractivity contribution in [2.24, 2.45) is 0 Å². The van der Waals surface area contributed by atoms with E-state index < -0.39 is 0 Å². The minimum atomic E-state index is -0.350. The van der Waals surface area contributed by atoms with Crippen molar-refractivity contribution in [3.8, 4) is 0 Å². The molecule has 0 saturated carbocycles. The van der Waals surface area contributed by atoms with Crippen molar-refractivity contribution < 1.29 is 9.59 Å². The molecule has 1 aliphatic heterocycles. The molecule has 2 aromatic carbocycles. The highest BCUT2D eigenvalue weighted by atomic mass is 79.9. The van der Waals surface area contributed by atoms with Crippen LogP contribution in [0.25, 0.3) is 6.08 Å². The van der Waals surface area contributed by atoms with Gasteiger partial charge in [0.1, 0.15) is 0 Å². The van der Waals surface area contributed by atoms with Crippen LogP contribution in [0.2, 0.25) is 10.0 Å². The van der Waals surface area contributed by atoms with Crippen molar-refractivity contribution in [2.45, 2.75) is 6.54 Å². The fourth-order valence-corrected chi connectivity index (χ4v) is 3.95. The van der Waals surface area contributed by atoms with Gasteiger partial charge in [0.05, 0.1) is 11.4 Å². The zero-order chi connectivity index (χ0) is 17.3.